The molecule has 0 radical (unpaired) electrons. The van der Waals surface area contributed by atoms with Crippen LogP contribution in [-0.4, -0.2) is 25.3 Å². The number of nitrogens with one attached hydrogen (secondary N) is 1. The second-order valence-corrected chi connectivity index (χ2v) is 1.60. The zero-order valence-electron chi connectivity index (χ0n) is 5.71. The largest absolute Gasteiger partial charge is 0.375 e. The van der Waals surface area contributed by atoms with Crippen LogP contribution in [0.2, 0.25) is 0 Å². The summed E-state index contributed by atoms with van der Waals surface area (Å²) >= 11 is 0. The molecule has 0 spiro atoms. The van der Waals surface area contributed by atoms with E-state index >= 15 is 0 Å². The Hall–Kier alpha value is -1.32. The van der Waals surface area contributed by atoms with Crippen LogP contribution in [0.5, 0.6) is 0 Å². The molecule has 4 heteroatoms. The number of nitrogens with zero attached hydrogens (tertiary/aromatic N) is 1. The van der Waals surface area contributed by atoms with Crippen molar-refractivity contribution >= 4 is 12.2 Å². The summed E-state index contributed by atoms with van der Waals surface area (Å²) in [6.45, 7) is 5.07. The molecule has 1 amide bonds. The monoisotopic (exact) mass is 141 g/mol. The van der Waals surface area contributed by atoms with Gasteiger partial charge in [0.1, 0.15) is 0 Å². The van der Waals surface area contributed by atoms with E-state index in [0.29, 0.717) is 0 Å². The number of primary amides is 1. The summed E-state index contributed by atoms with van der Waals surface area (Å²) in [6.07, 6.45) is 2.79. The average molecular weight is 141 g/mol. The predicted molar refractivity (Wildman–Crippen MR) is 40.8 cm³/mol. The van der Waals surface area contributed by atoms with Crippen LogP contribution in [0.4, 0.5) is 0 Å². The molecule has 1 rings (SSSR count). The first kappa shape index (κ1) is 8.68. The number of hydrogen-bond acceptors (Lipinski definition) is 3. The van der Waals surface area contributed by atoms with Crippen molar-refractivity contribution < 1.29 is 4.79 Å². The van der Waals surface area contributed by atoms with Crippen LogP contribution in [0, 0.1) is 0 Å². The molecule has 0 saturated heterocycles. The van der Waals surface area contributed by atoms with Gasteiger partial charge in [0.25, 0.3) is 0 Å². The van der Waals surface area contributed by atoms with Gasteiger partial charge in [0.05, 0.1) is 12.9 Å². The van der Waals surface area contributed by atoms with Crippen molar-refractivity contribution in [1.82, 2.24) is 5.32 Å². The molecule has 0 aliphatic carbocycles. The van der Waals surface area contributed by atoms with E-state index in [9.17, 15) is 4.79 Å². The van der Waals surface area contributed by atoms with E-state index in [4.69, 9.17) is 0 Å². The van der Waals surface area contributed by atoms with E-state index in [0.717, 1.165) is 19.2 Å². The molecule has 0 fully saturated rings. The zero-order chi connectivity index (χ0) is 7.82. The number of rotatable bonds is 1. The lowest BCUT2D eigenvalue weighted by Crippen LogP contribution is -2.04. The Morgan fingerprint density at radius 1 is 1.90 bits per heavy atom. The highest BCUT2D eigenvalue weighted by molar-refractivity contribution is 5.84. The molecule has 56 valence electrons. The molecular weight excluding hydrogens is 130 g/mol. The first-order valence-electron chi connectivity index (χ1n) is 2.91. The van der Waals surface area contributed by atoms with Gasteiger partial charge in [-0.25, -0.2) is 0 Å². The smallest absolute Gasteiger partial charge is 0.240 e. The fourth-order valence-corrected chi connectivity index (χ4v) is 0.323. The summed E-state index contributed by atoms with van der Waals surface area (Å²) in [5.74, 6) is -0.481. The molecule has 0 bridgehead atoms. The summed E-state index contributed by atoms with van der Waals surface area (Å²) in [5.41, 5.74) is 4.53. The lowest BCUT2D eigenvalue weighted by atomic mass is 10.6. The third-order valence-corrected chi connectivity index (χ3v) is 0.769. The van der Waals surface area contributed by atoms with Crippen molar-refractivity contribution in [3.63, 3.8) is 0 Å². The van der Waals surface area contributed by atoms with Gasteiger partial charge in [0.15, 0.2) is 0 Å². The summed E-state index contributed by atoms with van der Waals surface area (Å²) < 4.78 is 0. The van der Waals surface area contributed by atoms with Crippen molar-refractivity contribution in [2.24, 2.45) is 10.7 Å². The lowest BCUT2D eigenvalue weighted by Gasteiger charge is -1.75. The number of aliphatic imine (C=N–C) groups is 1. The van der Waals surface area contributed by atoms with Gasteiger partial charge in [0, 0.05) is 6.54 Å². The third kappa shape index (κ3) is 6.68. The number of carbonyl (C=O) groups is 1. The van der Waals surface area contributed by atoms with Crippen LogP contribution in [0.1, 0.15) is 0 Å². The molecule has 0 aromatic rings. The molecule has 0 atom stereocenters. The quantitative estimate of drug-likeness (QED) is 0.473. The molecule has 0 aromatic heterocycles. The topological polar surface area (TPSA) is 67.5 Å². The van der Waals surface area contributed by atoms with Gasteiger partial charge < -0.3 is 11.1 Å². The van der Waals surface area contributed by atoms with Gasteiger partial charge in [-0.05, 0) is 6.08 Å². The van der Waals surface area contributed by atoms with Gasteiger partial charge in [0.2, 0.25) is 5.91 Å². The molecule has 0 aromatic carbocycles. The van der Waals surface area contributed by atoms with Gasteiger partial charge in [-0.15, -0.1) is 0 Å². The van der Waals surface area contributed by atoms with Crippen LogP contribution in [0.15, 0.2) is 17.6 Å². The van der Waals surface area contributed by atoms with E-state index in [2.05, 4.69) is 22.6 Å². The molecular formula is C6H11N3O. The van der Waals surface area contributed by atoms with Crippen LogP contribution in [0.3, 0.4) is 0 Å². The minimum absolute atomic E-state index is 0.481. The van der Waals surface area contributed by atoms with E-state index in [1.54, 1.807) is 6.34 Å². The Balaban J connectivity index is 0.000000162. The molecule has 3 N–H and O–H groups in total. The number of hydrogen-bond donors (Lipinski definition) is 2. The minimum atomic E-state index is -0.481. The highest BCUT2D eigenvalue weighted by Gasteiger charge is 1.82. The second-order valence-electron chi connectivity index (χ2n) is 1.60. The summed E-state index contributed by atoms with van der Waals surface area (Å²) in [4.78, 5) is 13.3. The maximum Gasteiger partial charge on any atom is 0.240 e. The van der Waals surface area contributed by atoms with Gasteiger partial charge in [-0.2, -0.15) is 0 Å². The second kappa shape index (κ2) is 5.81. The zero-order valence-corrected chi connectivity index (χ0v) is 5.71. The number of amides is 1. The standard InChI is InChI=1S/C3H6N2.C3H5NO/c1-2-5-3-4-1;1-2-3(4)5/h3H,1-2H2,(H,4,5);2H,1H2,(H2,4,5). The highest BCUT2D eigenvalue weighted by atomic mass is 16.1. The lowest BCUT2D eigenvalue weighted by molar-refractivity contribution is -0.113. The normalized spacial score (nSPS) is 12.8. The fraction of sp³-hybridized carbons (Fsp3) is 0.333. The molecule has 1 aliphatic heterocycles. The molecule has 0 saturated carbocycles. The molecule has 1 heterocycles. The third-order valence-electron chi connectivity index (χ3n) is 0.769. The van der Waals surface area contributed by atoms with E-state index in [1.807, 2.05) is 0 Å². The molecule has 1 aliphatic rings. The first-order valence-corrected chi connectivity index (χ1v) is 2.91. The summed E-state index contributed by atoms with van der Waals surface area (Å²) in [6, 6.07) is 0. The SMILES string of the molecule is C1=NCCN1.C=CC(N)=O. The number of carbonyl (C=O) groups excluding carboxylic acids is 1. The maximum absolute atomic E-state index is 9.47. The Bertz CT molecular complexity index is 136. The Labute approximate surface area is 59.8 Å². The Morgan fingerprint density at radius 3 is 2.60 bits per heavy atom. The first-order chi connectivity index (χ1) is 4.77. The van der Waals surface area contributed by atoms with Crippen molar-refractivity contribution in [2.45, 2.75) is 0 Å². The van der Waals surface area contributed by atoms with E-state index in [-0.39, 0.29) is 0 Å². The Morgan fingerprint density at radius 2 is 2.50 bits per heavy atom. The summed E-state index contributed by atoms with van der Waals surface area (Å²) in [5, 5.41) is 2.93. The predicted octanol–water partition coefficient (Wildman–Crippen LogP) is -0.724. The van der Waals surface area contributed by atoms with E-state index in [1.165, 1.54) is 0 Å². The fourth-order valence-electron chi connectivity index (χ4n) is 0.323. The highest BCUT2D eigenvalue weighted by Crippen LogP contribution is 1.68. The van der Waals surface area contributed by atoms with Crippen molar-refractivity contribution in [3.8, 4) is 0 Å². The van der Waals surface area contributed by atoms with Crippen molar-refractivity contribution in [2.75, 3.05) is 13.1 Å². The van der Waals surface area contributed by atoms with Gasteiger partial charge in [-0.1, -0.05) is 6.58 Å². The molecule has 0 unspecified atom stereocenters. The summed E-state index contributed by atoms with van der Waals surface area (Å²) in [7, 11) is 0. The average Bonchev–Trinajstić information content (AvgIpc) is 2.43. The van der Waals surface area contributed by atoms with Crippen molar-refractivity contribution in [1.29, 1.82) is 0 Å². The van der Waals surface area contributed by atoms with Crippen LogP contribution < -0.4 is 11.1 Å². The van der Waals surface area contributed by atoms with E-state index < -0.39 is 5.91 Å². The van der Waals surface area contributed by atoms with Crippen LogP contribution in [-0.2, 0) is 4.79 Å². The maximum atomic E-state index is 9.47. The van der Waals surface area contributed by atoms with Gasteiger partial charge in [-0.3, -0.25) is 9.79 Å². The molecule has 4 nitrogen and oxygen atoms in total. The van der Waals surface area contributed by atoms with Crippen LogP contribution >= 0.6 is 0 Å². The van der Waals surface area contributed by atoms with Gasteiger partial charge >= 0.3 is 0 Å². The number of nitrogens with two attached hydrogens (primary N) is 1. The molecule has 10 heavy (non-hydrogen) atoms. The Kier molecular flexibility index (Phi) is 5.04. The van der Waals surface area contributed by atoms with Crippen LogP contribution in [0.25, 0.3) is 0 Å². The van der Waals surface area contributed by atoms with Crippen molar-refractivity contribution in [3.05, 3.63) is 12.7 Å². The minimum Gasteiger partial charge on any atom is -0.375 e.